The van der Waals surface area contributed by atoms with E-state index in [1.54, 1.807) is 0 Å². The average molecular weight is 200 g/mol. The largest absolute Gasteiger partial charge is 0.383 e. The van der Waals surface area contributed by atoms with E-state index in [-0.39, 0.29) is 6.04 Å². The molecular formula is C12H14N3. The molecule has 0 aromatic heterocycles. The summed E-state index contributed by atoms with van der Waals surface area (Å²) in [6.45, 7) is 2.78. The molecule has 1 aliphatic heterocycles. The number of hydrogen-bond acceptors (Lipinski definition) is 3. The standard InChI is InChI=1S/C12H14N3/c1-8(14)4-9-5-10-2-3-15-12(10)11(6-9)7-13/h2,5-6,8,15H,3-4,14H2,1H3/t8-/m1/s1. The van der Waals surface area contributed by atoms with Crippen LogP contribution in [0.4, 0.5) is 5.69 Å². The summed E-state index contributed by atoms with van der Waals surface area (Å²) >= 11 is 0. The molecule has 0 fully saturated rings. The third-order valence-corrected chi connectivity index (χ3v) is 2.51. The molecular weight excluding hydrogens is 186 g/mol. The molecule has 0 aliphatic carbocycles. The third-order valence-electron chi connectivity index (χ3n) is 2.51. The van der Waals surface area contributed by atoms with E-state index in [1.807, 2.05) is 13.0 Å². The Morgan fingerprint density at radius 3 is 3.07 bits per heavy atom. The van der Waals surface area contributed by atoms with Crippen LogP contribution in [0.15, 0.2) is 12.1 Å². The molecule has 77 valence electrons. The van der Waals surface area contributed by atoms with Gasteiger partial charge in [-0.15, -0.1) is 0 Å². The fraction of sp³-hybridized carbons (Fsp3) is 0.333. The summed E-state index contributed by atoms with van der Waals surface area (Å²) in [5, 5.41) is 12.2. The van der Waals surface area contributed by atoms with Crippen molar-refractivity contribution in [2.75, 3.05) is 11.9 Å². The average Bonchev–Trinajstić information content (AvgIpc) is 2.63. The Labute approximate surface area is 89.9 Å². The highest BCUT2D eigenvalue weighted by molar-refractivity contribution is 5.69. The summed E-state index contributed by atoms with van der Waals surface area (Å²) in [7, 11) is 0. The van der Waals surface area contributed by atoms with Gasteiger partial charge >= 0.3 is 0 Å². The van der Waals surface area contributed by atoms with Crippen molar-refractivity contribution in [3.63, 3.8) is 0 Å². The number of hydrogen-bond donors (Lipinski definition) is 2. The molecule has 0 spiro atoms. The Hall–Kier alpha value is -1.53. The lowest BCUT2D eigenvalue weighted by Gasteiger charge is -2.09. The lowest BCUT2D eigenvalue weighted by atomic mass is 9.99. The Morgan fingerprint density at radius 1 is 1.60 bits per heavy atom. The van der Waals surface area contributed by atoms with Gasteiger partial charge in [-0.3, -0.25) is 0 Å². The molecule has 1 radical (unpaired) electrons. The molecule has 0 saturated heterocycles. The Kier molecular flexibility index (Phi) is 2.61. The first-order valence-electron chi connectivity index (χ1n) is 5.10. The number of nitrogens with two attached hydrogens (primary N) is 1. The molecule has 3 nitrogen and oxygen atoms in total. The second kappa shape index (κ2) is 3.92. The number of nitrogens with zero attached hydrogens (tertiary/aromatic N) is 1. The van der Waals surface area contributed by atoms with Crippen LogP contribution in [-0.2, 0) is 6.42 Å². The molecule has 1 aromatic rings. The minimum atomic E-state index is 0.129. The van der Waals surface area contributed by atoms with Crippen LogP contribution in [0.2, 0.25) is 0 Å². The minimum absolute atomic E-state index is 0.129. The number of nitriles is 1. The molecule has 0 unspecified atom stereocenters. The summed E-state index contributed by atoms with van der Waals surface area (Å²) in [6.07, 6.45) is 2.91. The van der Waals surface area contributed by atoms with Gasteiger partial charge in [-0.1, -0.05) is 6.07 Å². The Morgan fingerprint density at radius 2 is 2.40 bits per heavy atom. The minimum Gasteiger partial charge on any atom is -0.383 e. The topological polar surface area (TPSA) is 61.8 Å². The van der Waals surface area contributed by atoms with Crippen LogP contribution >= 0.6 is 0 Å². The van der Waals surface area contributed by atoms with Crippen LogP contribution in [0.5, 0.6) is 0 Å². The first kappa shape index (κ1) is 10.0. The van der Waals surface area contributed by atoms with Gasteiger partial charge in [0, 0.05) is 19.0 Å². The molecule has 0 bridgehead atoms. The van der Waals surface area contributed by atoms with E-state index in [9.17, 15) is 0 Å². The fourth-order valence-corrected chi connectivity index (χ4v) is 1.93. The molecule has 1 heterocycles. The zero-order chi connectivity index (χ0) is 10.8. The lowest BCUT2D eigenvalue weighted by Crippen LogP contribution is -2.17. The quantitative estimate of drug-likeness (QED) is 0.759. The predicted octanol–water partition coefficient (Wildman–Crippen LogP) is 1.43. The van der Waals surface area contributed by atoms with Crippen LogP contribution in [0.1, 0.15) is 23.6 Å². The maximum Gasteiger partial charge on any atom is 0.101 e. The summed E-state index contributed by atoms with van der Waals surface area (Å²) in [6, 6.07) is 6.38. The Bertz CT molecular complexity index is 416. The highest BCUT2D eigenvalue weighted by Gasteiger charge is 2.16. The van der Waals surface area contributed by atoms with Gasteiger partial charge in [0.15, 0.2) is 0 Å². The molecule has 1 aromatic carbocycles. The molecule has 1 aliphatic rings. The van der Waals surface area contributed by atoms with E-state index < -0.39 is 0 Å². The number of fused-ring (bicyclic) bond motifs is 1. The van der Waals surface area contributed by atoms with Gasteiger partial charge in [-0.25, -0.2) is 0 Å². The van der Waals surface area contributed by atoms with Gasteiger partial charge in [0.05, 0.1) is 11.3 Å². The van der Waals surface area contributed by atoms with E-state index in [0.717, 1.165) is 35.3 Å². The zero-order valence-corrected chi connectivity index (χ0v) is 8.75. The summed E-state index contributed by atoms with van der Waals surface area (Å²) < 4.78 is 0. The van der Waals surface area contributed by atoms with E-state index >= 15 is 0 Å². The van der Waals surface area contributed by atoms with Gasteiger partial charge in [-0.05, 0) is 30.5 Å². The van der Waals surface area contributed by atoms with Crippen molar-refractivity contribution in [3.8, 4) is 6.07 Å². The monoisotopic (exact) mass is 200 g/mol. The number of benzene rings is 1. The van der Waals surface area contributed by atoms with Crippen LogP contribution < -0.4 is 11.1 Å². The van der Waals surface area contributed by atoms with Gasteiger partial charge < -0.3 is 11.1 Å². The van der Waals surface area contributed by atoms with Gasteiger partial charge in [0.2, 0.25) is 0 Å². The van der Waals surface area contributed by atoms with Crippen molar-refractivity contribution >= 4 is 5.69 Å². The highest BCUT2D eigenvalue weighted by Crippen LogP contribution is 2.29. The van der Waals surface area contributed by atoms with Crippen molar-refractivity contribution in [3.05, 3.63) is 35.2 Å². The number of rotatable bonds is 2. The Balaban J connectivity index is 2.40. The summed E-state index contributed by atoms with van der Waals surface area (Å²) in [4.78, 5) is 0. The number of nitrogens with one attached hydrogen (secondary N) is 1. The van der Waals surface area contributed by atoms with Crippen LogP contribution in [-0.4, -0.2) is 12.6 Å². The van der Waals surface area contributed by atoms with Crippen molar-refractivity contribution in [1.82, 2.24) is 0 Å². The molecule has 0 saturated carbocycles. The molecule has 15 heavy (non-hydrogen) atoms. The smallest absolute Gasteiger partial charge is 0.101 e. The molecule has 3 N–H and O–H groups in total. The molecule has 3 heteroatoms. The lowest BCUT2D eigenvalue weighted by molar-refractivity contribution is 0.738. The second-order valence-corrected chi connectivity index (χ2v) is 3.99. The van der Waals surface area contributed by atoms with E-state index in [1.165, 1.54) is 0 Å². The maximum absolute atomic E-state index is 9.03. The summed E-state index contributed by atoms with van der Waals surface area (Å²) in [5.74, 6) is 0. The van der Waals surface area contributed by atoms with Gasteiger partial charge in [0.25, 0.3) is 0 Å². The normalized spacial score (nSPS) is 15.3. The first-order valence-corrected chi connectivity index (χ1v) is 5.10. The fourth-order valence-electron chi connectivity index (χ4n) is 1.93. The van der Waals surface area contributed by atoms with E-state index in [4.69, 9.17) is 11.0 Å². The first-order chi connectivity index (χ1) is 7.20. The van der Waals surface area contributed by atoms with E-state index in [0.29, 0.717) is 0 Å². The van der Waals surface area contributed by atoms with Crippen molar-refractivity contribution < 1.29 is 0 Å². The van der Waals surface area contributed by atoms with Crippen LogP contribution in [0.3, 0.4) is 0 Å². The van der Waals surface area contributed by atoms with Crippen LogP contribution in [0.25, 0.3) is 0 Å². The van der Waals surface area contributed by atoms with Gasteiger partial charge in [-0.2, -0.15) is 5.26 Å². The van der Waals surface area contributed by atoms with Gasteiger partial charge in [0.1, 0.15) is 6.07 Å². The zero-order valence-electron chi connectivity index (χ0n) is 8.75. The van der Waals surface area contributed by atoms with E-state index in [2.05, 4.69) is 23.9 Å². The van der Waals surface area contributed by atoms with Crippen molar-refractivity contribution in [2.45, 2.75) is 19.4 Å². The van der Waals surface area contributed by atoms with Crippen LogP contribution in [0, 0.1) is 17.8 Å². The van der Waals surface area contributed by atoms with Crippen molar-refractivity contribution in [1.29, 1.82) is 5.26 Å². The molecule has 2 rings (SSSR count). The van der Waals surface area contributed by atoms with Crippen molar-refractivity contribution in [2.24, 2.45) is 5.73 Å². The predicted molar refractivity (Wildman–Crippen MR) is 60.4 cm³/mol. The molecule has 1 atom stereocenters. The maximum atomic E-state index is 9.03. The highest BCUT2D eigenvalue weighted by atomic mass is 14.9. The number of anilines is 1. The third kappa shape index (κ3) is 1.95. The SMILES string of the molecule is C[C@@H](N)Cc1cc(C#N)c2c(c1)[CH]CN2. The summed E-state index contributed by atoms with van der Waals surface area (Å²) in [5.41, 5.74) is 9.70. The molecule has 0 amide bonds. The second-order valence-electron chi connectivity index (χ2n) is 3.99.